The highest BCUT2D eigenvalue weighted by atomic mass is 16.5. The summed E-state index contributed by atoms with van der Waals surface area (Å²) in [6.45, 7) is 4.77. The fourth-order valence-corrected chi connectivity index (χ4v) is 2.23. The molecule has 106 valence electrons. The second-order valence-corrected chi connectivity index (χ2v) is 5.34. The van der Waals surface area contributed by atoms with E-state index in [1.165, 1.54) is 12.8 Å². The van der Waals surface area contributed by atoms with E-state index in [-0.39, 0.29) is 0 Å². The SMILES string of the molecule is Cc1ncccc1Oc1c(CNC2CC2)c(C)nn1C. The predicted octanol–water partition coefficient (Wildman–Crippen LogP) is 2.48. The molecule has 5 heteroatoms. The van der Waals surface area contributed by atoms with Crippen LogP contribution >= 0.6 is 0 Å². The molecule has 1 aliphatic rings. The Kier molecular flexibility index (Phi) is 3.44. The van der Waals surface area contributed by atoms with Gasteiger partial charge in [-0.15, -0.1) is 0 Å². The molecule has 0 spiro atoms. The van der Waals surface area contributed by atoms with E-state index in [2.05, 4.69) is 15.4 Å². The van der Waals surface area contributed by atoms with Gasteiger partial charge in [-0.05, 0) is 38.8 Å². The third kappa shape index (κ3) is 2.67. The molecule has 0 radical (unpaired) electrons. The van der Waals surface area contributed by atoms with Crippen molar-refractivity contribution in [3.63, 3.8) is 0 Å². The van der Waals surface area contributed by atoms with E-state index in [0.717, 1.165) is 35.1 Å². The molecule has 2 heterocycles. The Balaban J connectivity index is 1.85. The lowest BCUT2D eigenvalue weighted by atomic mass is 10.2. The van der Waals surface area contributed by atoms with Gasteiger partial charge in [0.1, 0.15) is 0 Å². The average Bonchev–Trinajstić information content (AvgIpc) is 3.19. The highest BCUT2D eigenvalue weighted by Crippen LogP contribution is 2.29. The number of pyridine rings is 1. The fraction of sp³-hybridized carbons (Fsp3) is 0.467. The Bertz CT molecular complexity index is 616. The van der Waals surface area contributed by atoms with Gasteiger partial charge in [0.2, 0.25) is 5.88 Å². The summed E-state index contributed by atoms with van der Waals surface area (Å²) in [5, 5.41) is 7.99. The minimum atomic E-state index is 0.669. The summed E-state index contributed by atoms with van der Waals surface area (Å²) in [5.74, 6) is 1.58. The lowest BCUT2D eigenvalue weighted by molar-refractivity contribution is 0.419. The first-order valence-electron chi connectivity index (χ1n) is 7.00. The zero-order valence-electron chi connectivity index (χ0n) is 12.2. The van der Waals surface area contributed by atoms with Gasteiger partial charge in [0.15, 0.2) is 5.75 Å². The van der Waals surface area contributed by atoms with Gasteiger partial charge >= 0.3 is 0 Å². The first kappa shape index (κ1) is 13.1. The van der Waals surface area contributed by atoms with E-state index < -0.39 is 0 Å². The van der Waals surface area contributed by atoms with E-state index in [4.69, 9.17) is 4.74 Å². The summed E-state index contributed by atoms with van der Waals surface area (Å²) >= 11 is 0. The van der Waals surface area contributed by atoms with Gasteiger partial charge in [-0.1, -0.05) is 0 Å². The second-order valence-electron chi connectivity index (χ2n) is 5.34. The van der Waals surface area contributed by atoms with E-state index in [1.807, 2.05) is 33.0 Å². The van der Waals surface area contributed by atoms with Crippen molar-refractivity contribution in [1.82, 2.24) is 20.1 Å². The minimum Gasteiger partial charge on any atom is -0.437 e. The normalized spacial score (nSPS) is 14.6. The molecule has 2 aromatic heterocycles. The molecule has 0 unspecified atom stereocenters. The van der Waals surface area contributed by atoms with Crippen LogP contribution in [0.1, 0.15) is 29.8 Å². The van der Waals surface area contributed by atoms with Crippen molar-refractivity contribution < 1.29 is 4.74 Å². The average molecular weight is 272 g/mol. The number of hydrogen-bond donors (Lipinski definition) is 1. The van der Waals surface area contributed by atoms with Gasteiger partial charge in [-0.2, -0.15) is 5.10 Å². The van der Waals surface area contributed by atoms with Crippen LogP contribution in [0.5, 0.6) is 11.6 Å². The number of aromatic nitrogens is 3. The fourth-order valence-electron chi connectivity index (χ4n) is 2.23. The Labute approximate surface area is 119 Å². The molecular weight excluding hydrogens is 252 g/mol. The summed E-state index contributed by atoms with van der Waals surface area (Å²) in [6, 6.07) is 4.48. The zero-order valence-corrected chi connectivity index (χ0v) is 12.2. The van der Waals surface area contributed by atoms with Crippen LogP contribution in [0.25, 0.3) is 0 Å². The molecule has 1 fully saturated rings. The maximum atomic E-state index is 6.04. The van der Waals surface area contributed by atoms with E-state index in [0.29, 0.717) is 6.04 Å². The molecule has 1 N–H and O–H groups in total. The molecule has 3 rings (SSSR count). The Hall–Kier alpha value is -1.88. The first-order chi connectivity index (χ1) is 9.65. The maximum Gasteiger partial charge on any atom is 0.222 e. The molecule has 0 aliphatic heterocycles. The lowest BCUT2D eigenvalue weighted by Gasteiger charge is -2.10. The van der Waals surface area contributed by atoms with Crippen LogP contribution in [0, 0.1) is 13.8 Å². The van der Waals surface area contributed by atoms with Gasteiger partial charge in [0.05, 0.1) is 17.0 Å². The molecule has 2 aromatic rings. The summed E-state index contributed by atoms with van der Waals surface area (Å²) in [4.78, 5) is 4.26. The van der Waals surface area contributed by atoms with Crippen molar-refractivity contribution in [2.45, 2.75) is 39.3 Å². The Morgan fingerprint density at radius 1 is 1.35 bits per heavy atom. The Morgan fingerprint density at radius 3 is 2.85 bits per heavy atom. The van der Waals surface area contributed by atoms with Gasteiger partial charge in [0, 0.05) is 25.8 Å². The van der Waals surface area contributed by atoms with Gasteiger partial charge in [0.25, 0.3) is 0 Å². The molecule has 0 saturated heterocycles. The van der Waals surface area contributed by atoms with Crippen LogP contribution in [0.15, 0.2) is 18.3 Å². The number of hydrogen-bond acceptors (Lipinski definition) is 4. The molecule has 0 aromatic carbocycles. The van der Waals surface area contributed by atoms with Crippen LogP contribution in [0.2, 0.25) is 0 Å². The van der Waals surface area contributed by atoms with Crippen LogP contribution in [-0.4, -0.2) is 20.8 Å². The molecule has 20 heavy (non-hydrogen) atoms. The second kappa shape index (κ2) is 5.25. The van der Waals surface area contributed by atoms with E-state index >= 15 is 0 Å². The molecule has 0 atom stereocenters. The van der Waals surface area contributed by atoms with Crippen LogP contribution < -0.4 is 10.1 Å². The predicted molar refractivity (Wildman–Crippen MR) is 76.9 cm³/mol. The Morgan fingerprint density at radius 2 is 2.15 bits per heavy atom. The van der Waals surface area contributed by atoms with Crippen molar-refractivity contribution in [3.8, 4) is 11.6 Å². The highest BCUT2D eigenvalue weighted by molar-refractivity contribution is 5.37. The third-order valence-electron chi connectivity index (χ3n) is 3.60. The number of nitrogens with one attached hydrogen (secondary N) is 1. The van der Waals surface area contributed by atoms with Crippen LogP contribution in [0.4, 0.5) is 0 Å². The van der Waals surface area contributed by atoms with Crippen molar-refractivity contribution in [3.05, 3.63) is 35.3 Å². The van der Waals surface area contributed by atoms with E-state index in [9.17, 15) is 0 Å². The maximum absolute atomic E-state index is 6.04. The summed E-state index contributed by atoms with van der Waals surface area (Å²) in [6.07, 6.45) is 4.32. The van der Waals surface area contributed by atoms with Gasteiger partial charge in [-0.3, -0.25) is 4.98 Å². The lowest BCUT2D eigenvalue weighted by Crippen LogP contribution is -2.16. The number of nitrogens with zero attached hydrogens (tertiary/aromatic N) is 3. The molecule has 1 aliphatic carbocycles. The summed E-state index contributed by atoms with van der Waals surface area (Å²) in [7, 11) is 1.91. The van der Waals surface area contributed by atoms with Crippen molar-refractivity contribution >= 4 is 0 Å². The molecule has 0 bridgehead atoms. The van der Waals surface area contributed by atoms with Crippen molar-refractivity contribution in [2.24, 2.45) is 7.05 Å². The molecule has 5 nitrogen and oxygen atoms in total. The number of rotatable bonds is 5. The smallest absolute Gasteiger partial charge is 0.222 e. The standard InChI is InChI=1S/C15H20N4O/c1-10-13(9-17-12-6-7-12)15(19(3)18-10)20-14-5-4-8-16-11(14)2/h4-5,8,12,17H,6-7,9H2,1-3H3. The molecule has 0 amide bonds. The monoisotopic (exact) mass is 272 g/mol. The first-order valence-corrected chi connectivity index (χ1v) is 7.00. The quantitative estimate of drug-likeness (QED) is 0.908. The summed E-state index contributed by atoms with van der Waals surface area (Å²) in [5.41, 5.74) is 3.02. The third-order valence-corrected chi connectivity index (χ3v) is 3.60. The van der Waals surface area contributed by atoms with Gasteiger partial charge in [-0.25, -0.2) is 4.68 Å². The van der Waals surface area contributed by atoms with Crippen LogP contribution in [-0.2, 0) is 13.6 Å². The molecular formula is C15H20N4O. The number of aryl methyl sites for hydroxylation is 3. The topological polar surface area (TPSA) is 52.0 Å². The molecule has 1 saturated carbocycles. The van der Waals surface area contributed by atoms with Gasteiger partial charge < -0.3 is 10.1 Å². The minimum absolute atomic E-state index is 0.669. The van der Waals surface area contributed by atoms with Crippen molar-refractivity contribution in [1.29, 1.82) is 0 Å². The zero-order chi connectivity index (χ0) is 14.1. The van der Waals surface area contributed by atoms with Crippen molar-refractivity contribution in [2.75, 3.05) is 0 Å². The van der Waals surface area contributed by atoms with Crippen LogP contribution in [0.3, 0.4) is 0 Å². The van der Waals surface area contributed by atoms with E-state index in [1.54, 1.807) is 10.9 Å². The number of ether oxygens (including phenoxy) is 1. The largest absolute Gasteiger partial charge is 0.437 e. The summed E-state index contributed by atoms with van der Waals surface area (Å²) < 4.78 is 7.84. The highest BCUT2D eigenvalue weighted by Gasteiger charge is 2.23.